The van der Waals surface area contributed by atoms with E-state index in [2.05, 4.69) is 0 Å². The average Bonchev–Trinajstić information content (AvgIpc) is 2.73. The fourth-order valence-corrected chi connectivity index (χ4v) is 2.64. The van der Waals surface area contributed by atoms with Gasteiger partial charge in [-0.3, -0.25) is 0 Å². The molecule has 0 N–H and O–H groups in total. The lowest BCUT2D eigenvalue weighted by atomic mass is 10.1. The molecule has 0 aromatic rings. The molecule has 0 bridgehead atoms. The van der Waals surface area contributed by atoms with Crippen LogP contribution in [0.25, 0.3) is 0 Å². The summed E-state index contributed by atoms with van der Waals surface area (Å²) in [6.07, 6.45) is 7.50. The molecular weight excluding hydrogens is 170 g/mol. The summed E-state index contributed by atoms with van der Waals surface area (Å²) in [6.45, 7) is 14.0. The van der Waals surface area contributed by atoms with E-state index in [1.54, 1.807) is 0 Å². The van der Waals surface area contributed by atoms with Crippen LogP contribution in [0.5, 0.6) is 0 Å². The van der Waals surface area contributed by atoms with Crippen LogP contribution < -0.4 is 0 Å². The summed E-state index contributed by atoms with van der Waals surface area (Å²) in [5, 5.41) is 0. The maximum Gasteiger partial charge on any atom is 0.0788 e. The van der Waals surface area contributed by atoms with Gasteiger partial charge >= 0.3 is 0 Å². The zero-order valence-corrected chi connectivity index (χ0v) is 10.8. The van der Waals surface area contributed by atoms with Crippen molar-refractivity contribution in [3.8, 4) is 0 Å². The normalized spacial score (nSPS) is 23.1. The predicted molar refractivity (Wildman–Crippen MR) is 65.5 cm³/mol. The van der Waals surface area contributed by atoms with Crippen LogP contribution in [0.1, 0.15) is 59.8 Å². The molecule has 2 saturated heterocycles. The lowest BCUT2D eigenvalue weighted by Crippen LogP contribution is -2.48. The van der Waals surface area contributed by atoms with Gasteiger partial charge in [-0.1, -0.05) is 27.7 Å². The molecule has 0 radical (unpaired) electrons. The van der Waals surface area contributed by atoms with Gasteiger partial charge in [0.25, 0.3) is 0 Å². The van der Waals surface area contributed by atoms with Crippen molar-refractivity contribution in [1.29, 1.82) is 0 Å². The van der Waals surface area contributed by atoms with Crippen LogP contribution in [0.15, 0.2) is 0 Å². The Labute approximate surface area is 91.1 Å². The molecule has 2 heterocycles. The fourth-order valence-electron chi connectivity index (χ4n) is 2.64. The Morgan fingerprint density at radius 2 is 0.786 bits per heavy atom. The molecule has 0 aromatic heterocycles. The first kappa shape index (κ1) is 14.0. The van der Waals surface area contributed by atoms with Crippen molar-refractivity contribution in [1.82, 2.24) is 0 Å². The molecule has 2 aliphatic rings. The smallest absolute Gasteiger partial charge is 0.0788 e. The highest BCUT2D eigenvalue weighted by Gasteiger charge is 2.32. The Balaban J connectivity index is 0.000000379. The molecular formula is C13H30N+. The number of quaternary nitrogens is 1. The van der Waals surface area contributed by atoms with E-state index in [0.29, 0.717) is 0 Å². The third kappa shape index (κ3) is 4.00. The fraction of sp³-hybridized carbons (Fsp3) is 1.00. The second kappa shape index (κ2) is 8.28. The van der Waals surface area contributed by atoms with Gasteiger partial charge in [0.1, 0.15) is 0 Å². The number of nitrogens with zero attached hydrogens (tertiary/aromatic N) is 1. The highest BCUT2D eigenvalue weighted by molar-refractivity contribution is 4.59. The van der Waals surface area contributed by atoms with Gasteiger partial charge < -0.3 is 4.48 Å². The summed E-state index contributed by atoms with van der Waals surface area (Å²) in [6, 6.07) is 0. The maximum absolute atomic E-state index is 2.00. The summed E-state index contributed by atoms with van der Waals surface area (Å²) >= 11 is 0. The highest BCUT2D eigenvalue weighted by Crippen LogP contribution is 2.25. The molecule has 0 unspecified atom stereocenters. The largest absolute Gasteiger partial charge is 0.324 e. The van der Waals surface area contributed by atoms with Gasteiger partial charge in [-0.2, -0.15) is 0 Å². The van der Waals surface area contributed by atoms with Crippen LogP contribution in [-0.4, -0.2) is 30.7 Å². The molecule has 86 valence electrons. The monoisotopic (exact) mass is 200 g/mol. The number of hydrogen-bond donors (Lipinski definition) is 0. The van der Waals surface area contributed by atoms with Crippen LogP contribution in [0.4, 0.5) is 0 Å². The van der Waals surface area contributed by atoms with Crippen molar-refractivity contribution in [3.63, 3.8) is 0 Å². The Bertz CT molecular complexity index is 106. The molecule has 0 aliphatic carbocycles. The van der Waals surface area contributed by atoms with Crippen molar-refractivity contribution in [3.05, 3.63) is 0 Å². The van der Waals surface area contributed by atoms with E-state index in [4.69, 9.17) is 0 Å². The molecule has 2 fully saturated rings. The van der Waals surface area contributed by atoms with E-state index in [-0.39, 0.29) is 0 Å². The van der Waals surface area contributed by atoms with E-state index in [0.717, 1.165) is 0 Å². The highest BCUT2D eigenvalue weighted by atomic mass is 15.4. The summed E-state index contributed by atoms with van der Waals surface area (Å²) in [4.78, 5) is 0. The van der Waals surface area contributed by atoms with Crippen LogP contribution in [-0.2, 0) is 0 Å². The third-order valence-corrected chi connectivity index (χ3v) is 3.28. The van der Waals surface area contributed by atoms with Gasteiger partial charge in [0, 0.05) is 12.8 Å². The Hall–Kier alpha value is -0.0400. The average molecular weight is 200 g/mol. The van der Waals surface area contributed by atoms with Crippen molar-refractivity contribution in [2.45, 2.75) is 59.8 Å². The minimum absolute atomic E-state index is 1.50. The zero-order chi connectivity index (χ0) is 10.9. The molecule has 0 aromatic carbocycles. The van der Waals surface area contributed by atoms with E-state index < -0.39 is 0 Å². The van der Waals surface area contributed by atoms with Crippen LogP contribution in [0.3, 0.4) is 0 Å². The SMILES string of the molecule is C1CC[N+]2(CC1)CCCC2.CC.CC. The zero-order valence-electron chi connectivity index (χ0n) is 10.8. The first-order valence-electron chi connectivity index (χ1n) is 6.76. The lowest BCUT2D eigenvalue weighted by Gasteiger charge is -2.37. The van der Waals surface area contributed by atoms with E-state index in [9.17, 15) is 0 Å². The molecule has 14 heavy (non-hydrogen) atoms. The third-order valence-electron chi connectivity index (χ3n) is 3.28. The second-order valence-corrected chi connectivity index (χ2v) is 4.00. The number of hydrogen-bond acceptors (Lipinski definition) is 0. The van der Waals surface area contributed by atoms with Crippen LogP contribution in [0.2, 0.25) is 0 Å². The molecule has 0 amide bonds. The summed E-state index contributed by atoms with van der Waals surface area (Å²) < 4.78 is 1.50. The van der Waals surface area contributed by atoms with Crippen molar-refractivity contribution < 1.29 is 4.48 Å². The molecule has 0 saturated carbocycles. The van der Waals surface area contributed by atoms with Gasteiger partial charge in [-0.15, -0.1) is 0 Å². The van der Waals surface area contributed by atoms with Crippen molar-refractivity contribution in [2.24, 2.45) is 0 Å². The first-order valence-corrected chi connectivity index (χ1v) is 6.76. The van der Waals surface area contributed by atoms with Gasteiger partial charge in [0.15, 0.2) is 0 Å². The van der Waals surface area contributed by atoms with Crippen LogP contribution >= 0.6 is 0 Å². The van der Waals surface area contributed by atoms with Crippen molar-refractivity contribution in [2.75, 3.05) is 26.2 Å². The number of rotatable bonds is 0. The van der Waals surface area contributed by atoms with Gasteiger partial charge in [0.2, 0.25) is 0 Å². The Morgan fingerprint density at radius 1 is 0.500 bits per heavy atom. The molecule has 1 spiro atoms. The summed E-state index contributed by atoms with van der Waals surface area (Å²) in [7, 11) is 0. The second-order valence-electron chi connectivity index (χ2n) is 4.00. The van der Waals surface area contributed by atoms with E-state index in [1.807, 2.05) is 27.7 Å². The summed E-state index contributed by atoms with van der Waals surface area (Å²) in [5.41, 5.74) is 0. The lowest BCUT2D eigenvalue weighted by molar-refractivity contribution is -0.921. The summed E-state index contributed by atoms with van der Waals surface area (Å²) in [5.74, 6) is 0. The molecule has 2 aliphatic heterocycles. The van der Waals surface area contributed by atoms with Gasteiger partial charge in [-0.05, 0) is 19.3 Å². The predicted octanol–water partition coefficient (Wildman–Crippen LogP) is 3.83. The minimum atomic E-state index is 1.50. The van der Waals surface area contributed by atoms with Gasteiger partial charge in [0.05, 0.1) is 26.2 Å². The van der Waals surface area contributed by atoms with Crippen molar-refractivity contribution >= 4 is 0 Å². The minimum Gasteiger partial charge on any atom is -0.324 e. The number of piperidine rings is 1. The van der Waals surface area contributed by atoms with E-state index >= 15 is 0 Å². The molecule has 0 atom stereocenters. The Kier molecular flexibility index (Phi) is 8.26. The molecule has 1 nitrogen and oxygen atoms in total. The van der Waals surface area contributed by atoms with Crippen LogP contribution in [0, 0.1) is 0 Å². The first-order chi connectivity index (χ1) is 6.91. The Morgan fingerprint density at radius 3 is 1.14 bits per heavy atom. The quantitative estimate of drug-likeness (QED) is 0.521. The maximum atomic E-state index is 2.00. The molecule has 2 rings (SSSR count). The molecule has 1 heteroatoms. The van der Waals surface area contributed by atoms with Gasteiger partial charge in [-0.25, -0.2) is 0 Å². The topological polar surface area (TPSA) is 0 Å². The van der Waals surface area contributed by atoms with E-state index in [1.165, 1.54) is 62.8 Å². The standard InChI is InChI=1S/C9H18N.2C2H6/c1-2-6-10(7-3-1)8-4-5-9-10;2*1-2/h1-9H2;2*1-2H3/q+1;;.